The van der Waals surface area contributed by atoms with E-state index in [9.17, 15) is 0 Å². The van der Waals surface area contributed by atoms with Crippen LogP contribution < -0.4 is 11.1 Å². The van der Waals surface area contributed by atoms with Gasteiger partial charge in [-0.25, -0.2) is 0 Å². The van der Waals surface area contributed by atoms with Crippen LogP contribution in [0.4, 0.5) is 0 Å². The topological polar surface area (TPSA) is 59.1 Å². The van der Waals surface area contributed by atoms with Gasteiger partial charge in [0.25, 0.3) is 0 Å². The maximum absolute atomic E-state index is 5.85. The van der Waals surface area contributed by atoms with Crippen molar-refractivity contribution in [3.63, 3.8) is 0 Å². The second-order valence-electron chi connectivity index (χ2n) is 4.86. The first-order valence-electron chi connectivity index (χ1n) is 6.98. The van der Waals surface area contributed by atoms with Crippen LogP contribution >= 0.6 is 0 Å². The van der Waals surface area contributed by atoms with Crippen LogP contribution in [0.25, 0.3) is 0 Å². The summed E-state index contributed by atoms with van der Waals surface area (Å²) in [5.74, 6) is 0. The third-order valence-corrected chi connectivity index (χ3v) is 3.69. The van der Waals surface area contributed by atoms with Crippen molar-refractivity contribution in [3.8, 4) is 0 Å². The molecule has 5 nitrogen and oxygen atoms in total. The summed E-state index contributed by atoms with van der Waals surface area (Å²) in [7, 11) is 0. The minimum atomic E-state index is 0.448. The first-order valence-corrected chi connectivity index (χ1v) is 6.98. The highest BCUT2D eigenvalue weighted by atomic mass is 15.3. The van der Waals surface area contributed by atoms with E-state index in [4.69, 9.17) is 5.73 Å². The van der Waals surface area contributed by atoms with Gasteiger partial charge in [-0.15, -0.1) is 0 Å². The van der Waals surface area contributed by atoms with E-state index in [1.807, 2.05) is 0 Å². The molecule has 1 aromatic heterocycles. The Morgan fingerprint density at radius 2 is 2.33 bits per heavy atom. The van der Waals surface area contributed by atoms with E-state index in [2.05, 4.69) is 39.9 Å². The third-order valence-electron chi connectivity index (χ3n) is 3.69. The Balaban J connectivity index is 2.09. The summed E-state index contributed by atoms with van der Waals surface area (Å²) in [5.41, 5.74) is 8.35. The minimum Gasteiger partial charge on any atom is -0.329 e. The number of aryl methyl sites for hydroxylation is 2. The quantitative estimate of drug-likeness (QED) is 0.785. The highest BCUT2D eigenvalue weighted by molar-refractivity contribution is 5.11. The van der Waals surface area contributed by atoms with Gasteiger partial charge >= 0.3 is 0 Å². The number of hydrogen-bond acceptors (Lipinski definition) is 4. The van der Waals surface area contributed by atoms with Crippen molar-refractivity contribution in [2.24, 2.45) is 5.73 Å². The molecule has 2 rings (SSSR count). The van der Waals surface area contributed by atoms with Crippen molar-refractivity contribution >= 4 is 0 Å². The molecule has 1 fully saturated rings. The van der Waals surface area contributed by atoms with E-state index in [1.54, 1.807) is 0 Å². The summed E-state index contributed by atoms with van der Waals surface area (Å²) in [5, 5.41) is 8.01. The van der Waals surface area contributed by atoms with Gasteiger partial charge in [0.2, 0.25) is 0 Å². The fraction of sp³-hybridized carbons (Fsp3) is 0.769. The lowest BCUT2D eigenvalue weighted by molar-refractivity contribution is 0.153. The maximum Gasteiger partial charge on any atom is 0.0625 e. The van der Waals surface area contributed by atoms with Gasteiger partial charge < -0.3 is 11.1 Å². The first-order chi connectivity index (χ1) is 8.78. The van der Waals surface area contributed by atoms with Gasteiger partial charge in [-0.2, -0.15) is 5.10 Å². The molecule has 0 spiro atoms. The van der Waals surface area contributed by atoms with Gasteiger partial charge in [-0.1, -0.05) is 6.92 Å². The van der Waals surface area contributed by atoms with Gasteiger partial charge in [-0.3, -0.25) is 9.58 Å². The van der Waals surface area contributed by atoms with Crippen LogP contribution in [-0.4, -0.2) is 46.9 Å². The number of aromatic nitrogens is 2. The van der Waals surface area contributed by atoms with Crippen molar-refractivity contribution in [2.75, 3.05) is 26.2 Å². The van der Waals surface area contributed by atoms with E-state index in [0.717, 1.165) is 39.1 Å². The SMILES string of the molecule is CCc1cc(CN2CCNCC2CN)n(CC)n1. The van der Waals surface area contributed by atoms with E-state index in [-0.39, 0.29) is 0 Å². The lowest BCUT2D eigenvalue weighted by atomic mass is 10.1. The van der Waals surface area contributed by atoms with Crippen LogP contribution in [0, 0.1) is 0 Å². The Labute approximate surface area is 109 Å². The smallest absolute Gasteiger partial charge is 0.0625 e. The lowest BCUT2D eigenvalue weighted by Crippen LogP contribution is -2.53. The third kappa shape index (κ3) is 2.91. The molecule has 0 bridgehead atoms. The van der Waals surface area contributed by atoms with Crippen LogP contribution in [0.2, 0.25) is 0 Å². The van der Waals surface area contributed by atoms with E-state index < -0.39 is 0 Å². The summed E-state index contributed by atoms with van der Waals surface area (Å²) >= 11 is 0. The van der Waals surface area contributed by atoms with E-state index >= 15 is 0 Å². The summed E-state index contributed by atoms with van der Waals surface area (Å²) < 4.78 is 2.12. The molecule has 102 valence electrons. The average Bonchev–Trinajstić information content (AvgIpc) is 2.81. The molecule has 1 unspecified atom stereocenters. The second-order valence-corrected chi connectivity index (χ2v) is 4.86. The molecule has 1 aromatic rings. The van der Waals surface area contributed by atoms with Gasteiger partial charge in [0.15, 0.2) is 0 Å². The van der Waals surface area contributed by atoms with Crippen molar-refractivity contribution in [1.82, 2.24) is 20.0 Å². The highest BCUT2D eigenvalue weighted by Crippen LogP contribution is 2.12. The Morgan fingerprint density at radius 3 is 3.00 bits per heavy atom. The molecular weight excluding hydrogens is 226 g/mol. The molecule has 0 amide bonds. The van der Waals surface area contributed by atoms with E-state index in [1.165, 1.54) is 11.4 Å². The zero-order valence-corrected chi connectivity index (χ0v) is 11.5. The molecule has 2 heterocycles. The first kappa shape index (κ1) is 13.5. The van der Waals surface area contributed by atoms with Crippen molar-refractivity contribution < 1.29 is 0 Å². The minimum absolute atomic E-state index is 0.448. The van der Waals surface area contributed by atoms with Crippen molar-refractivity contribution in [1.29, 1.82) is 0 Å². The molecule has 0 aromatic carbocycles. The standard InChI is InChI=1S/C13H25N5/c1-3-11-7-12(18(4-2)16-11)10-17-6-5-15-9-13(17)8-14/h7,13,15H,3-6,8-10,14H2,1-2H3. The number of nitrogens with two attached hydrogens (primary N) is 1. The molecule has 1 saturated heterocycles. The van der Waals surface area contributed by atoms with Gasteiger partial charge in [0.05, 0.1) is 11.4 Å². The number of rotatable bonds is 5. The molecule has 5 heteroatoms. The predicted molar refractivity (Wildman–Crippen MR) is 73.4 cm³/mol. The second kappa shape index (κ2) is 6.31. The number of nitrogens with one attached hydrogen (secondary N) is 1. The Bertz CT molecular complexity index is 373. The Kier molecular flexibility index (Phi) is 4.74. The maximum atomic E-state index is 5.85. The zero-order chi connectivity index (χ0) is 13.0. The molecule has 0 saturated carbocycles. The molecule has 1 atom stereocenters. The summed E-state index contributed by atoms with van der Waals surface area (Å²) in [6.45, 7) is 10.0. The monoisotopic (exact) mass is 251 g/mol. The van der Waals surface area contributed by atoms with Gasteiger partial charge in [-0.05, 0) is 19.4 Å². The summed E-state index contributed by atoms with van der Waals surface area (Å²) in [4.78, 5) is 2.47. The van der Waals surface area contributed by atoms with Crippen molar-refractivity contribution in [2.45, 2.75) is 39.4 Å². The molecule has 1 aliphatic heterocycles. The van der Waals surface area contributed by atoms with Crippen LogP contribution in [0.3, 0.4) is 0 Å². The fourth-order valence-electron chi connectivity index (χ4n) is 2.54. The van der Waals surface area contributed by atoms with Crippen LogP contribution in [0.15, 0.2) is 6.07 Å². The molecule has 0 radical (unpaired) electrons. The molecular formula is C13H25N5. The van der Waals surface area contributed by atoms with Crippen molar-refractivity contribution in [3.05, 3.63) is 17.5 Å². The summed E-state index contributed by atoms with van der Waals surface area (Å²) in [6.07, 6.45) is 1.00. The number of piperazine rings is 1. The van der Waals surface area contributed by atoms with Crippen LogP contribution in [0.1, 0.15) is 25.2 Å². The van der Waals surface area contributed by atoms with Gasteiger partial charge in [0.1, 0.15) is 0 Å². The summed E-state index contributed by atoms with van der Waals surface area (Å²) in [6, 6.07) is 2.68. The largest absolute Gasteiger partial charge is 0.329 e. The molecule has 1 aliphatic rings. The Morgan fingerprint density at radius 1 is 1.50 bits per heavy atom. The highest BCUT2D eigenvalue weighted by Gasteiger charge is 2.22. The molecule has 18 heavy (non-hydrogen) atoms. The van der Waals surface area contributed by atoms with Crippen LogP contribution in [0.5, 0.6) is 0 Å². The lowest BCUT2D eigenvalue weighted by Gasteiger charge is -2.35. The van der Waals surface area contributed by atoms with E-state index in [0.29, 0.717) is 12.6 Å². The average molecular weight is 251 g/mol. The Hall–Kier alpha value is -0.910. The number of nitrogens with zero attached hydrogens (tertiary/aromatic N) is 3. The number of hydrogen-bond donors (Lipinski definition) is 2. The molecule has 3 N–H and O–H groups in total. The molecule has 0 aliphatic carbocycles. The van der Waals surface area contributed by atoms with Crippen LogP contribution in [-0.2, 0) is 19.5 Å². The predicted octanol–water partition coefficient (Wildman–Crippen LogP) is 0.198. The fourth-order valence-corrected chi connectivity index (χ4v) is 2.54. The van der Waals surface area contributed by atoms with Gasteiger partial charge in [0, 0.05) is 45.3 Å². The normalized spacial score (nSPS) is 21.4. The zero-order valence-electron chi connectivity index (χ0n) is 11.5.